The van der Waals surface area contributed by atoms with Crippen molar-refractivity contribution in [3.8, 4) is 11.3 Å². The average molecular weight is 271 g/mol. The van der Waals surface area contributed by atoms with Crippen LogP contribution in [0.5, 0.6) is 0 Å². The van der Waals surface area contributed by atoms with Gasteiger partial charge < -0.3 is 10.8 Å². The van der Waals surface area contributed by atoms with Crippen molar-refractivity contribution in [3.63, 3.8) is 0 Å². The van der Waals surface area contributed by atoms with E-state index >= 15 is 0 Å². The summed E-state index contributed by atoms with van der Waals surface area (Å²) in [4.78, 5) is 10.6. The molecule has 2 rings (SSSR count). The predicted octanol–water partition coefficient (Wildman–Crippen LogP) is 1.78. The van der Waals surface area contributed by atoms with Crippen LogP contribution in [-0.4, -0.2) is 20.9 Å². The number of aromatic carboxylic acids is 1. The molecule has 0 radical (unpaired) electrons. The van der Waals surface area contributed by atoms with E-state index in [-0.39, 0.29) is 11.5 Å². The van der Waals surface area contributed by atoms with E-state index in [4.69, 9.17) is 10.8 Å². The van der Waals surface area contributed by atoms with Crippen LogP contribution in [0.25, 0.3) is 11.3 Å². The van der Waals surface area contributed by atoms with Gasteiger partial charge in [-0.2, -0.15) is 5.10 Å². The molecule has 3 N–H and O–H groups in total. The van der Waals surface area contributed by atoms with Crippen molar-refractivity contribution in [3.05, 3.63) is 35.1 Å². The Morgan fingerprint density at radius 2 is 1.95 bits per heavy atom. The van der Waals surface area contributed by atoms with Crippen LogP contribution in [0.2, 0.25) is 0 Å². The van der Waals surface area contributed by atoms with E-state index < -0.39 is 34.5 Å². The number of carboxylic acid groups (broad SMARTS) is 1. The molecule has 1 heterocycles. The van der Waals surface area contributed by atoms with Crippen LogP contribution in [0, 0.1) is 17.5 Å². The van der Waals surface area contributed by atoms with Crippen LogP contribution in [-0.2, 0) is 7.05 Å². The lowest BCUT2D eigenvalue weighted by Gasteiger charge is -2.05. The minimum atomic E-state index is -1.89. The first-order chi connectivity index (χ1) is 8.82. The number of carbonyl (C=O) groups is 1. The van der Waals surface area contributed by atoms with E-state index in [9.17, 15) is 18.0 Å². The van der Waals surface area contributed by atoms with E-state index in [0.29, 0.717) is 6.07 Å². The molecule has 0 aliphatic carbocycles. The van der Waals surface area contributed by atoms with E-state index in [1.807, 2.05) is 0 Å². The van der Waals surface area contributed by atoms with Crippen LogP contribution in [0.4, 0.5) is 19.0 Å². The largest absolute Gasteiger partial charge is 0.477 e. The summed E-state index contributed by atoms with van der Waals surface area (Å²) < 4.78 is 41.9. The van der Waals surface area contributed by atoms with Crippen LogP contribution < -0.4 is 5.73 Å². The third kappa shape index (κ3) is 2.01. The molecule has 0 saturated carbocycles. The summed E-state index contributed by atoms with van der Waals surface area (Å²) in [5, 5.41) is 12.4. The maximum atomic E-state index is 13.7. The van der Waals surface area contributed by atoms with Gasteiger partial charge in [0.05, 0.1) is 5.69 Å². The number of aromatic nitrogens is 2. The number of aryl methyl sites for hydroxylation is 1. The molecule has 0 amide bonds. The Balaban J connectivity index is 2.70. The quantitative estimate of drug-likeness (QED) is 0.816. The molecule has 1 aromatic heterocycles. The van der Waals surface area contributed by atoms with Gasteiger partial charge in [0.1, 0.15) is 17.2 Å². The molecule has 2 aromatic rings. The minimum absolute atomic E-state index is 0.0905. The van der Waals surface area contributed by atoms with Gasteiger partial charge in [0.2, 0.25) is 0 Å². The number of benzene rings is 1. The zero-order valence-corrected chi connectivity index (χ0v) is 9.62. The maximum Gasteiger partial charge on any atom is 0.341 e. The van der Waals surface area contributed by atoms with Gasteiger partial charge in [-0.15, -0.1) is 0 Å². The number of rotatable bonds is 2. The lowest BCUT2D eigenvalue weighted by Crippen LogP contribution is -2.08. The molecule has 0 bridgehead atoms. The average Bonchev–Trinajstić information content (AvgIpc) is 2.64. The number of carboxylic acids is 1. The third-order valence-electron chi connectivity index (χ3n) is 2.56. The van der Waals surface area contributed by atoms with Gasteiger partial charge in [0.25, 0.3) is 0 Å². The minimum Gasteiger partial charge on any atom is -0.477 e. The predicted molar refractivity (Wildman–Crippen MR) is 59.9 cm³/mol. The number of nitrogens with zero attached hydrogens (tertiary/aromatic N) is 2. The number of nitrogen functional groups attached to an aromatic ring is 1. The molecule has 1 aromatic carbocycles. The fourth-order valence-corrected chi connectivity index (χ4v) is 1.59. The Bertz CT molecular complexity index is 663. The molecule has 0 unspecified atom stereocenters. The second-order valence-corrected chi connectivity index (χ2v) is 3.79. The zero-order valence-electron chi connectivity index (χ0n) is 9.62. The number of hydrogen-bond acceptors (Lipinski definition) is 3. The van der Waals surface area contributed by atoms with Crippen LogP contribution in [0.3, 0.4) is 0 Å². The van der Waals surface area contributed by atoms with E-state index in [2.05, 4.69) is 5.10 Å². The number of nitrogens with two attached hydrogens (primary N) is 1. The van der Waals surface area contributed by atoms with Gasteiger partial charge in [-0.05, 0) is 6.07 Å². The summed E-state index contributed by atoms with van der Waals surface area (Å²) >= 11 is 0. The monoisotopic (exact) mass is 271 g/mol. The fourth-order valence-electron chi connectivity index (χ4n) is 1.59. The van der Waals surface area contributed by atoms with Gasteiger partial charge in [-0.3, -0.25) is 4.68 Å². The SMILES string of the molecule is Cn1nc(-c2cc(F)c(C(=O)O)c(F)c2F)cc1N. The fraction of sp³-hybridized carbons (Fsp3) is 0.0909. The molecule has 0 saturated heterocycles. The molecule has 0 aliphatic heterocycles. The summed E-state index contributed by atoms with van der Waals surface area (Å²) in [7, 11) is 1.47. The van der Waals surface area contributed by atoms with Crippen molar-refractivity contribution < 1.29 is 23.1 Å². The highest BCUT2D eigenvalue weighted by Crippen LogP contribution is 2.28. The Hall–Kier alpha value is -2.51. The number of hydrogen-bond donors (Lipinski definition) is 2. The Morgan fingerprint density at radius 3 is 2.42 bits per heavy atom. The molecule has 0 atom stereocenters. The van der Waals surface area contributed by atoms with Crippen molar-refractivity contribution in [1.82, 2.24) is 9.78 Å². The first-order valence-electron chi connectivity index (χ1n) is 5.03. The molecule has 0 fully saturated rings. The first-order valence-corrected chi connectivity index (χ1v) is 5.03. The van der Waals surface area contributed by atoms with E-state index in [1.165, 1.54) is 17.8 Å². The lowest BCUT2D eigenvalue weighted by atomic mass is 10.1. The number of anilines is 1. The summed E-state index contributed by atoms with van der Waals surface area (Å²) in [6.07, 6.45) is 0. The Kier molecular flexibility index (Phi) is 2.93. The van der Waals surface area contributed by atoms with Crippen molar-refractivity contribution >= 4 is 11.8 Å². The zero-order chi connectivity index (χ0) is 14.3. The maximum absolute atomic E-state index is 13.7. The highest BCUT2D eigenvalue weighted by Gasteiger charge is 2.25. The lowest BCUT2D eigenvalue weighted by molar-refractivity contribution is 0.0685. The Labute approximate surface area is 105 Å². The van der Waals surface area contributed by atoms with Crippen molar-refractivity contribution in [1.29, 1.82) is 0 Å². The Morgan fingerprint density at radius 1 is 1.32 bits per heavy atom. The third-order valence-corrected chi connectivity index (χ3v) is 2.56. The molecule has 19 heavy (non-hydrogen) atoms. The van der Waals surface area contributed by atoms with Gasteiger partial charge in [-0.1, -0.05) is 0 Å². The van der Waals surface area contributed by atoms with Crippen molar-refractivity contribution in [2.75, 3.05) is 5.73 Å². The van der Waals surface area contributed by atoms with Gasteiger partial charge >= 0.3 is 5.97 Å². The smallest absolute Gasteiger partial charge is 0.341 e. The van der Waals surface area contributed by atoms with E-state index in [1.54, 1.807) is 0 Å². The number of halogens is 3. The molecule has 0 aliphatic rings. The molecule has 8 heteroatoms. The second-order valence-electron chi connectivity index (χ2n) is 3.79. The summed E-state index contributed by atoms with van der Waals surface area (Å²) in [5.74, 6) is -6.37. The van der Waals surface area contributed by atoms with E-state index in [0.717, 1.165) is 0 Å². The highest BCUT2D eigenvalue weighted by molar-refractivity contribution is 5.89. The molecule has 5 nitrogen and oxygen atoms in total. The van der Waals surface area contributed by atoms with Gasteiger partial charge in [0.15, 0.2) is 11.6 Å². The summed E-state index contributed by atoms with van der Waals surface area (Å²) in [6.45, 7) is 0. The topological polar surface area (TPSA) is 81.1 Å². The highest BCUT2D eigenvalue weighted by atomic mass is 19.2. The van der Waals surface area contributed by atoms with Crippen molar-refractivity contribution in [2.45, 2.75) is 0 Å². The molecular weight excluding hydrogens is 263 g/mol. The van der Waals surface area contributed by atoms with Gasteiger partial charge in [-0.25, -0.2) is 18.0 Å². The standard InChI is InChI=1S/C11H8F3N3O2/c1-17-7(15)3-6(16-17)4-2-5(12)8(11(18)19)10(14)9(4)13/h2-3H,15H2,1H3,(H,18,19). The van der Waals surface area contributed by atoms with Crippen LogP contribution >= 0.6 is 0 Å². The molecule has 0 spiro atoms. The van der Waals surface area contributed by atoms with Crippen LogP contribution in [0.1, 0.15) is 10.4 Å². The van der Waals surface area contributed by atoms with Gasteiger partial charge in [0, 0.05) is 18.7 Å². The first kappa shape index (κ1) is 12.9. The van der Waals surface area contributed by atoms with Crippen molar-refractivity contribution in [2.24, 2.45) is 7.05 Å². The summed E-state index contributed by atoms with van der Waals surface area (Å²) in [5.41, 5.74) is 3.55. The second kappa shape index (κ2) is 4.30. The normalized spacial score (nSPS) is 10.7. The van der Waals surface area contributed by atoms with Crippen LogP contribution in [0.15, 0.2) is 12.1 Å². The molecule has 100 valence electrons. The molecular formula is C11H8F3N3O2. The summed E-state index contributed by atoms with van der Waals surface area (Å²) in [6, 6.07) is 1.79.